The van der Waals surface area contributed by atoms with E-state index < -0.39 is 16.0 Å². The highest BCUT2D eigenvalue weighted by Gasteiger charge is 2.25. The van der Waals surface area contributed by atoms with Gasteiger partial charge in [-0.2, -0.15) is 0 Å². The number of rotatable bonds is 6. The summed E-state index contributed by atoms with van der Waals surface area (Å²) in [6.45, 7) is 5.13. The molecule has 37 heavy (non-hydrogen) atoms. The summed E-state index contributed by atoms with van der Waals surface area (Å²) in [5.41, 5.74) is 2.89. The van der Waals surface area contributed by atoms with Crippen molar-refractivity contribution in [1.82, 2.24) is 9.13 Å². The number of piperidine rings is 1. The van der Waals surface area contributed by atoms with Crippen molar-refractivity contribution in [2.45, 2.75) is 38.0 Å². The van der Waals surface area contributed by atoms with Crippen molar-refractivity contribution < 1.29 is 22.4 Å². The molecule has 0 spiro atoms. The molecule has 10 nitrogen and oxygen atoms in total. The van der Waals surface area contributed by atoms with Crippen LogP contribution in [0.15, 0.2) is 44.4 Å². The Morgan fingerprint density at radius 1 is 1.05 bits per heavy atom. The number of hydrogen-bond acceptors (Lipinski definition) is 7. The van der Waals surface area contributed by atoms with Crippen LogP contribution in [0.25, 0.3) is 22.0 Å². The number of aromatic nitrogens is 2. The van der Waals surface area contributed by atoms with Crippen LogP contribution < -0.4 is 15.3 Å². The molecule has 0 amide bonds. The molecule has 1 fully saturated rings. The Hall–Kier alpha value is -3.73. The van der Waals surface area contributed by atoms with Gasteiger partial charge in [0.2, 0.25) is 0 Å². The van der Waals surface area contributed by atoms with Gasteiger partial charge in [0.25, 0.3) is 10.0 Å². The molecule has 0 unspecified atom stereocenters. The molecule has 196 valence electrons. The lowest BCUT2D eigenvalue weighted by atomic mass is 10.1. The largest absolute Gasteiger partial charge is 0.462 e. The summed E-state index contributed by atoms with van der Waals surface area (Å²) >= 11 is 0. The predicted molar refractivity (Wildman–Crippen MR) is 142 cm³/mol. The molecule has 1 aliphatic heterocycles. The molecule has 1 aliphatic rings. The number of imidazole rings is 1. The summed E-state index contributed by atoms with van der Waals surface area (Å²) in [7, 11) is -0.693. The SMILES string of the molecule is CCOC(=O)c1c(C)oc2ccc(S(=O)(=O)Nc3cc4c(cc3N3CCCCC3)n(C)c(=O)n4C)cc12. The minimum absolute atomic E-state index is 0.0157. The van der Waals surface area contributed by atoms with Gasteiger partial charge in [-0.25, -0.2) is 18.0 Å². The Morgan fingerprint density at radius 3 is 2.41 bits per heavy atom. The smallest absolute Gasteiger partial charge is 0.342 e. The van der Waals surface area contributed by atoms with E-state index in [0.29, 0.717) is 27.9 Å². The van der Waals surface area contributed by atoms with Gasteiger partial charge in [-0.05, 0) is 63.4 Å². The van der Waals surface area contributed by atoms with Crippen LogP contribution in [0.5, 0.6) is 0 Å². The summed E-state index contributed by atoms with van der Waals surface area (Å²) in [5.74, 6) is -0.206. The molecule has 0 bridgehead atoms. The van der Waals surface area contributed by atoms with E-state index in [4.69, 9.17) is 9.15 Å². The second kappa shape index (κ2) is 9.29. The number of carbonyl (C=O) groups excluding carboxylic acids is 1. The van der Waals surface area contributed by atoms with Crippen molar-refractivity contribution in [3.63, 3.8) is 0 Å². The molecule has 1 saturated heterocycles. The Morgan fingerprint density at radius 2 is 1.73 bits per heavy atom. The van der Waals surface area contributed by atoms with Gasteiger partial charge in [-0.3, -0.25) is 13.9 Å². The first kappa shape index (κ1) is 24.9. The van der Waals surface area contributed by atoms with Gasteiger partial charge in [0.05, 0.1) is 33.9 Å². The van der Waals surface area contributed by atoms with Crippen molar-refractivity contribution in [2.24, 2.45) is 14.1 Å². The van der Waals surface area contributed by atoms with Crippen LogP contribution in [0.1, 0.15) is 42.3 Å². The summed E-state index contributed by atoms with van der Waals surface area (Å²) in [6, 6.07) is 8.00. The maximum Gasteiger partial charge on any atom is 0.342 e. The molecule has 0 aliphatic carbocycles. The van der Waals surface area contributed by atoms with E-state index in [0.717, 1.165) is 43.6 Å². The molecule has 0 saturated carbocycles. The summed E-state index contributed by atoms with van der Waals surface area (Å²) < 4.78 is 43.9. The number of nitrogens with one attached hydrogen (secondary N) is 1. The Labute approximate surface area is 214 Å². The van der Waals surface area contributed by atoms with Crippen molar-refractivity contribution in [1.29, 1.82) is 0 Å². The van der Waals surface area contributed by atoms with E-state index in [1.54, 1.807) is 38.6 Å². The lowest BCUT2D eigenvalue weighted by molar-refractivity contribution is 0.0526. The molecule has 0 atom stereocenters. The summed E-state index contributed by atoms with van der Waals surface area (Å²) in [6.07, 6.45) is 3.13. The third kappa shape index (κ3) is 4.26. The van der Waals surface area contributed by atoms with Crippen LogP contribution >= 0.6 is 0 Å². The number of hydrogen-bond donors (Lipinski definition) is 1. The first-order chi connectivity index (χ1) is 17.6. The topological polar surface area (TPSA) is 116 Å². The fourth-order valence-electron chi connectivity index (χ4n) is 5.04. The Bertz CT molecular complexity index is 1690. The van der Waals surface area contributed by atoms with Crippen LogP contribution in [-0.2, 0) is 28.9 Å². The lowest BCUT2D eigenvalue weighted by Crippen LogP contribution is -2.30. The molecular formula is C26H30N4O6S. The van der Waals surface area contributed by atoms with Crippen LogP contribution in [0.4, 0.5) is 11.4 Å². The van der Waals surface area contributed by atoms with Gasteiger partial charge in [0.15, 0.2) is 0 Å². The van der Waals surface area contributed by atoms with E-state index in [2.05, 4.69) is 9.62 Å². The molecular weight excluding hydrogens is 496 g/mol. The van der Waals surface area contributed by atoms with Crippen molar-refractivity contribution in [3.05, 3.63) is 52.1 Å². The number of benzene rings is 2. The van der Waals surface area contributed by atoms with E-state index in [1.807, 2.05) is 6.07 Å². The standard InChI is InChI=1S/C26H30N4O6S/c1-5-35-25(31)24-16(2)36-23-10-9-17(13-18(23)24)37(33,34)27-19-14-21-22(29(4)26(32)28(21)3)15-20(19)30-11-7-6-8-12-30/h9-10,13-15,27H,5-8,11-12H2,1-4H3. The average Bonchev–Trinajstić information content (AvgIpc) is 3.32. The highest BCUT2D eigenvalue weighted by atomic mass is 32.2. The third-order valence-corrected chi connectivity index (χ3v) is 8.32. The van der Waals surface area contributed by atoms with Crippen molar-refractivity contribution in [2.75, 3.05) is 29.3 Å². The van der Waals surface area contributed by atoms with E-state index >= 15 is 0 Å². The van der Waals surface area contributed by atoms with E-state index in [1.165, 1.54) is 22.8 Å². The summed E-state index contributed by atoms with van der Waals surface area (Å²) in [4.78, 5) is 27.2. The average molecular weight is 527 g/mol. The molecule has 5 rings (SSSR count). The molecule has 2 aromatic carbocycles. The molecule has 1 N–H and O–H groups in total. The minimum Gasteiger partial charge on any atom is -0.462 e. The van der Waals surface area contributed by atoms with Gasteiger partial charge >= 0.3 is 11.7 Å². The first-order valence-corrected chi connectivity index (χ1v) is 13.8. The third-order valence-electron chi connectivity index (χ3n) is 6.96. The maximum atomic E-state index is 13.6. The number of anilines is 2. The molecule has 4 aromatic rings. The normalized spacial score (nSPS) is 14.4. The molecule has 0 radical (unpaired) electrons. The van der Waals surface area contributed by atoms with Gasteiger partial charge in [-0.15, -0.1) is 0 Å². The fraction of sp³-hybridized carbons (Fsp3) is 0.385. The number of sulfonamides is 1. The highest BCUT2D eigenvalue weighted by Crippen LogP contribution is 2.35. The number of fused-ring (bicyclic) bond motifs is 2. The van der Waals surface area contributed by atoms with Gasteiger partial charge < -0.3 is 14.1 Å². The molecule has 2 aromatic heterocycles. The Balaban J connectivity index is 1.62. The second-order valence-electron chi connectivity index (χ2n) is 9.32. The predicted octanol–water partition coefficient (Wildman–Crippen LogP) is 3.90. The number of carbonyl (C=O) groups is 1. The number of nitrogens with zero attached hydrogens (tertiary/aromatic N) is 3. The van der Waals surface area contributed by atoms with E-state index in [9.17, 15) is 18.0 Å². The monoisotopic (exact) mass is 526 g/mol. The van der Waals surface area contributed by atoms with Crippen LogP contribution in [0.3, 0.4) is 0 Å². The zero-order valence-electron chi connectivity index (χ0n) is 21.3. The lowest BCUT2D eigenvalue weighted by Gasteiger charge is -2.31. The zero-order valence-corrected chi connectivity index (χ0v) is 22.1. The van der Waals surface area contributed by atoms with Crippen LogP contribution in [0, 0.1) is 6.92 Å². The van der Waals surface area contributed by atoms with Crippen molar-refractivity contribution in [3.8, 4) is 0 Å². The Kier molecular flexibility index (Phi) is 6.26. The fourth-order valence-corrected chi connectivity index (χ4v) is 6.13. The highest BCUT2D eigenvalue weighted by molar-refractivity contribution is 7.92. The second-order valence-corrected chi connectivity index (χ2v) is 11.0. The summed E-state index contributed by atoms with van der Waals surface area (Å²) in [5, 5.41) is 0.371. The van der Waals surface area contributed by atoms with Crippen molar-refractivity contribution >= 4 is 49.4 Å². The number of furan rings is 1. The van der Waals surface area contributed by atoms with Crippen LogP contribution in [-0.4, -0.2) is 43.2 Å². The first-order valence-electron chi connectivity index (χ1n) is 12.3. The van der Waals surface area contributed by atoms with Gasteiger partial charge in [0.1, 0.15) is 16.9 Å². The number of esters is 1. The zero-order chi connectivity index (χ0) is 26.5. The maximum absolute atomic E-state index is 13.6. The molecule has 11 heteroatoms. The quantitative estimate of drug-likeness (QED) is 0.379. The number of ether oxygens (including phenoxy) is 1. The van der Waals surface area contributed by atoms with Crippen LogP contribution in [0.2, 0.25) is 0 Å². The minimum atomic E-state index is -4.06. The van der Waals surface area contributed by atoms with Gasteiger partial charge in [0, 0.05) is 32.6 Å². The molecule has 3 heterocycles. The van der Waals surface area contributed by atoms with Gasteiger partial charge in [-0.1, -0.05) is 0 Å². The van der Waals surface area contributed by atoms with E-state index in [-0.39, 0.29) is 22.8 Å². The number of aryl methyl sites for hydroxylation is 3.